The lowest BCUT2D eigenvalue weighted by atomic mass is 10.3. The van der Waals surface area contributed by atoms with E-state index in [0.717, 1.165) is 17.9 Å². The van der Waals surface area contributed by atoms with E-state index in [1.807, 2.05) is 24.3 Å². The molecule has 0 heterocycles. The van der Waals surface area contributed by atoms with Crippen LogP contribution in [0.2, 0.25) is 0 Å². The van der Waals surface area contributed by atoms with E-state index in [1.165, 1.54) is 22.7 Å². The van der Waals surface area contributed by atoms with Gasteiger partial charge >= 0.3 is 0 Å². The molecule has 0 unspecified atom stereocenters. The molecule has 4 nitrogen and oxygen atoms in total. The van der Waals surface area contributed by atoms with E-state index in [-0.39, 0.29) is 67.9 Å². The molecule has 4 aromatic rings. The van der Waals surface area contributed by atoms with Gasteiger partial charge in [0, 0.05) is 0 Å². The van der Waals surface area contributed by atoms with Gasteiger partial charge in [-0.15, -0.1) is 0 Å². The molecule has 8 heteroatoms. The molecular weight excluding hydrogens is 808 g/mol. The average molecular weight is 864 g/mol. The van der Waals surface area contributed by atoms with Crippen LogP contribution in [0.25, 0.3) is 0 Å². The molecule has 0 atom stereocenters. The summed E-state index contributed by atoms with van der Waals surface area (Å²) in [4.78, 5) is 0. The van der Waals surface area contributed by atoms with Crippen LogP contribution in [0.5, 0.6) is 0 Å². The van der Waals surface area contributed by atoms with Crippen LogP contribution in [-0.4, -0.2) is 84.6 Å². The van der Waals surface area contributed by atoms with Gasteiger partial charge in [0.1, 0.15) is 22.7 Å². The second-order valence-corrected chi connectivity index (χ2v) is 13.4. The van der Waals surface area contributed by atoms with Crippen molar-refractivity contribution < 1.29 is 67.9 Å². The van der Waals surface area contributed by atoms with Gasteiger partial charge in [-0.05, 0) is 48.5 Å². The predicted molar refractivity (Wildman–Crippen MR) is 184 cm³/mol. The lowest BCUT2D eigenvalue weighted by Crippen LogP contribution is -3.00. The van der Waals surface area contributed by atoms with Gasteiger partial charge in [-0.1, -0.05) is 72.8 Å². The fourth-order valence-corrected chi connectivity index (χ4v) is 3.50. The Hall–Kier alpha value is -1.36. The summed E-state index contributed by atoms with van der Waals surface area (Å²) < 4.78 is 3.56. The molecule has 0 bridgehead atoms. The standard InChI is InChI=1S/4C9H14N.4BrH/c4*1-10(2,3)9-7-5-4-6-8-9;;;;/h4*4-8H,1-3H3;4*1H/q4*+1;;;;/p-4. The highest BCUT2D eigenvalue weighted by Crippen LogP contribution is 2.16. The molecule has 248 valence electrons. The van der Waals surface area contributed by atoms with Crippen molar-refractivity contribution in [1.82, 2.24) is 17.9 Å². The van der Waals surface area contributed by atoms with Crippen molar-refractivity contribution in [3.8, 4) is 0 Å². The van der Waals surface area contributed by atoms with Crippen molar-refractivity contribution in [2.45, 2.75) is 0 Å². The molecule has 0 radical (unpaired) electrons. The van der Waals surface area contributed by atoms with Crippen molar-refractivity contribution in [2.75, 3.05) is 84.6 Å². The maximum absolute atomic E-state index is 2.16. The molecule has 0 aliphatic heterocycles. The summed E-state index contributed by atoms with van der Waals surface area (Å²) in [5.41, 5.74) is 5.34. The summed E-state index contributed by atoms with van der Waals surface area (Å²) in [6.07, 6.45) is 0. The number of nitrogens with zero attached hydrogens (tertiary/aromatic N) is 4. The van der Waals surface area contributed by atoms with Crippen LogP contribution in [-0.2, 0) is 0 Å². The van der Waals surface area contributed by atoms with Gasteiger partial charge in [0.05, 0.1) is 84.6 Å². The minimum Gasteiger partial charge on any atom is -1.00 e. The van der Waals surface area contributed by atoms with E-state index < -0.39 is 0 Å². The highest BCUT2D eigenvalue weighted by Gasteiger charge is 2.11. The van der Waals surface area contributed by atoms with Gasteiger partial charge < -0.3 is 67.9 Å². The monoisotopic (exact) mass is 860 g/mol. The highest BCUT2D eigenvalue weighted by molar-refractivity contribution is 5.42. The summed E-state index contributed by atoms with van der Waals surface area (Å²) in [7, 11) is 25.9. The number of quaternary nitrogens is 4. The van der Waals surface area contributed by atoms with Gasteiger partial charge in [-0.3, -0.25) is 17.9 Å². The number of para-hydroxylation sites is 4. The fraction of sp³-hybridized carbons (Fsp3) is 0.333. The second-order valence-electron chi connectivity index (χ2n) is 13.4. The van der Waals surface area contributed by atoms with Gasteiger partial charge in [0.25, 0.3) is 0 Å². The Morgan fingerprint density at radius 3 is 0.409 bits per heavy atom. The van der Waals surface area contributed by atoms with Crippen molar-refractivity contribution in [2.24, 2.45) is 0 Å². The first-order valence-electron chi connectivity index (χ1n) is 13.9. The Labute approximate surface area is 312 Å². The molecule has 0 aliphatic carbocycles. The Bertz CT molecular complexity index is 1000. The summed E-state index contributed by atoms with van der Waals surface area (Å²) in [6.45, 7) is 0. The van der Waals surface area contributed by atoms with Gasteiger partial charge in [0.15, 0.2) is 0 Å². The number of halogens is 4. The largest absolute Gasteiger partial charge is 1.00 e. The fourth-order valence-electron chi connectivity index (χ4n) is 3.50. The Morgan fingerprint density at radius 1 is 0.227 bits per heavy atom. The SMILES string of the molecule is C[N+](C)(C)c1ccccc1.C[N+](C)(C)c1ccccc1.C[N+](C)(C)c1ccccc1.C[N+](C)(C)c1ccccc1.[Br-].[Br-].[Br-].[Br-]. The maximum atomic E-state index is 2.16. The van der Waals surface area contributed by atoms with E-state index in [4.69, 9.17) is 0 Å². The number of rotatable bonds is 4. The van der Waals surface area contributed by atoms with E-state index in [2.05, 4.69) is 182 Å². The van der Waals surface area contributed by atoms with Gasteiger partial charge in [-0.2, -0.15) is 0 Å². The molecule has 4 rings (SSSR count). The zero-order chi connectivity index (χ0) is 30.5. The molecule has 0 saturated carbocycles. The number of hydrogen-bond donors (Lipinski definition) is 0. The number of benzene rings is 4. The third-order valence-corrected chi connectivity index (χ3v) is 6.12. The molecule has 44 heavy (non-hydrogen) atoms. The molecule has 0 spiro atoms. The van der Waals surface area contributed by atoms with Gasteiger partial charge in [0.2, 0.25) is 0 Å². The normalized spacial score (nSPS) is 10.5. The first-order chi connectivity index (χ1) is 18.4. The Kier molecular flexibility index (Phi) is 25.9. The lowest BCUT2D eigenvalue weighted by Gasteiger charge is -2.22. The van der Waals surface area contributed by atoms with Crippen LogP contribution in [0, 0.1) is 0 Å². The quantitative estimate of drug-likeness (QED) is 0.182. The topological polar surface area (TPSA) is 0 Å². The summed E-state index contributed by atoms with van der Waals surface area (Å²) in [5, 5.41) is 0. The molecule has 0 saturated heterocycles. The summed E-state index contributed by atoms with van der Waals surface area (Å²) in [5.74, 6) is 0. The van der Waals surface area contributed by atoms with Gasteiger partial charge in [-0.25, -0.2) is 0 Å². The van der Waals surface area contributed by atoms with Crippen molar-refractivity contribution in [3.05, 3.63) is 121 Å². The van der Waals surface area contributed by atoms with E-state index in [9.17, 15) is 0 Å². The van der Waals surface area contributed by atoms with E-state index in [0.29, 0.717) is 0 Å². The second kappa shape index (κ2) is 23.0. The third kappa shape index (κ3) is 21.4. The van der Waals surface area contributed by atoms with Crippen molar-refractivity contribution >= 4 is 22.7 Å². The van der Waals surface area contributed by atoms with Crippen LogP contribution in [0.3, 0.4) is 0 Å². The summed E-state index contributed by atoms with van der Waals surface area (Å²) in [6, 6.07) is 41.8. The molecule has 0 aliphatic rings. The first kappa shape index (κ1) is 49.5. The lowest BCUT2D eigenvalue weighted by molar-refractivity contribution is -0.00100. The van der Waals surface area contributed by atoms with Crippen LogP contribution in [0.15, 0.2) is 121 Å². The number of hydrogen-bond acceptors (Lipinski definition) is 0. The van der Waals surface area contributed by atoms with Crippen molar-refractivity contribution in [1.29, 1.82) is 0 Å². The van der Waals surface area contributed by atoms with E-state index >= 15 is 0 Å². The first-order valence-corrected chi connectivity index (χ1v) is 13.9. The van der Waals surface area contributed by atoms with Crippen LogP contribution in [0.1, 0.15) is 0 Å². The molecule has 0 aromatic heterocycles. The maximum Gasteiger partial charge on any atom is 0.132 e. The minimum atomic E-state index is 0. The molecule has 0 fully saturated rings. The average Bonchev–Trinajstić information content (AvgIpc) is 2.90. The van der Waals surface area contributed by atoms with Crippen LogP contribution < -0.4 is 85.9 Å². The molecule has 0 N–H and O–H groups in total. The highest BCUT2D eigenvalue weighted by atomic mass is 79.9. The predicted octanol–water partition coefficient (Wildman–Crippen LogP) is -4.45. The Balaban J connectivity index is -0.000000235. The smallest absolute Gasteiger partial charge is 0.132 e. The molecule has 0 amide bonds. The van der Waals surface area contributed by atoms with Crippen LogP contribution in [0.4, 0.5) is 22.7 Å². The molecule has 4 aromatic carbocycles. The van der Waals surface area contributed by atoms with Crippen molar-refractivity contribution in [3.63, 3.8) is 0 Å². The minimum absolute atomic E-state index is 0. The Morgan fingerprint density at radius 2 is 0.341 bits per heavy atom. The van der Waals surface area contributed by atoms with Crippen LogP contribution >= 0.6 is 0 Å². The summed E-state index contributed by atoms with van der Waals surface area (Å²) >= 11 is 0. The molecular formula is C36H56Br4N4. The zero-order valence-corrected chi connectivity index (χ0v) is 35.2. The third-order valence-electron chi connectivity index (χ3n) is 6.12. The zero-order valence-electron chi connectivity index (χ0n) is 28.8. The van der Waals surface area contributed by atoms with E-state index in [1.54, 1.807) is 0 Å².